The first-order valence-electron chi connectivity index (χ1n) is 12.3. The number of carboxylic acid groups (broad SMARTS) is 1. The molecule has 2 N–H and O–H groups in total. The Morgan fingerprint density at radius 3 is 2.11 bits per heavy atom. The van der Waals surface area contributed by atoms with Crippen molar-refractivity contribution in [3.63, 3.8) is 0 Å². The number of carboxylic acids is 1. The highest BCUT2D eigenvalue weighted by molar-refractivity contribution is 5.86. The number of rotatable bonds is 10. The van der Waals surface area contributed by atoms with Crippen molar-refractivity contribution in [2.24, 2.45) is 0 Å². The summed E-state index contributed by atoms with van der Waals surface area (Å²) in [5.41, 5.74) is 3.94. The molecule has 0 unspecified atom stereocenters. The Morgan fingerprint density at radius 2 is 1.60 bits per heavy atom. The molecule has 188 valence electrons. The van der Waals surface area contributed by atoms with Gasteiger partial charge in [-0.2, -0.15) is 0 Å². The molecule has 35 heavy (non-hydrogen) atoms. The lowest BCUT2D eigenvalue weighted by molar-refractivity contribution is -0.141. The fourth-order valence-corrected chi connectivity index (χ4v) is 4.62. The number of carbonyl (C=O) groups excluding carboxylic acids is 2. The lowest BCUT2D eigenvalue weighted by Gasteiger charge is -2.38. The third kappa shape index (κ3) is 6.41. The molecule has 0 spiro atoms. The van der Waals surface area contributed by atoms with E-state index in [0.29, 0.717) is 6.42 Å². The topological polar surface area (TPSA) is 95.9 Å². The van der Waals surface area contributed by atoms with Gasteiger partial charge >= 0.3 is 12.1 Å². The number of aliphatic carboxylic acids is 1. The van der Waals surface area contributed by atoms with Crippen LogP contribution in [0.1, 0.15) is 70.4 Å². The predicted octanol–water partition coefficient (Wildman–Crippen LogP) is 5.19. The SMILES string of the molecule is CCCC[C@H](NC(=O)OCC1c2ccccc2-c2ccccc21)C(=O)N(CCC(=O)O)C(C)(C)C. The second-order valence-corrected chi connectivity index (χ2v) is 9.97. The summed E-state index contributed by atoms with van der Waals surface area (Å²) >= 11 is 0. The summed E-state index contributed by atoms with van der Waals surface area (Å²) < 4.78 is 5.65. The van der Waals surface area contributed by atoms with E-state index < -0.39 is 23.6 Å². The van der Waals surface area contributed by atoms with Crippen molar-refractivity contribution in [3.8, 4) is 11.1 Å². The Labute approximate surface area is 207 Å². The smallest absolute Gasteiger partial charge is 0.407 e. The lowest BCUT2D eigenvalue weighted by atomic mass is 9.98. The van der Waals surface area contributed by atoms with E-state index in [1.807, 2.05) is 52.0 Å². The van der Waals surface area contributed by atoms with Crippen molar-refractivity contribution < 1.29 is 24.2 Å². The number of carbonyl (C=O) groups is 3. The van der Waals surface area contributed by atoms with Crippen molar-refractivity contribution in [1.29, 1.82) is 0 Å². The molecule has 0 saturated heterocycles. The van der Waals surface area contributed by atoms with Crippen molar-refractivity contribution in [2.45, 2.75) is 70.9 Å². The molecule has 1 aliphatic carbocycles. The van der Waals surface area contributed by atoms with Gasteiger partial charge < -0.3 is 20.1 Å². The molecule has 7 heteroatoms. The second-order valence-electron chi connectivity index (χ2n) is 9.97. The fourth-order valence-electron chi connectivity index (χ4n) is 4.62. The Hall–Kier alpha value is -3.35. The van der Waals surface area contributed by atoms with Gasteiger partial charge in [0.15, 0.2) is 0 Å². The number of nitrogens with zero attached hydrogens (tertiary/aromatic N) is 1. The molecule has 2 aromatic rings. The van der Waals surface area contributed by atoms with Gasteiger partial charge in [0, 0.05) is 18.0 Å². The van der Waals surface area contributed by atoms with Crippen LogP contribution in [0.25, 0.3) is 11.1 Å². The summed E-state index contributed by atoms with van der Waals surface area (Å²) in [5, 5.41) is 11.9. The summed E-state index contributed by atoms with van der Waals surface area (Å²) in [6.07, 6.45) is 1.26. The largest absolute Gasteiger partial charge is 0.481 e. The van der Waals surface area contributed by atoms with Crippen molar-refractivity contribution >= 4 is 18.0 Å². The molecule has 1 atom stereocenters. The number of alkyl carbamates (subject to hydrolysis) is 1. The highest BCUT2D eigenvalue weighted by Gasteiger charge is 2.34. The first-order chi connectivity index (χ1) is 16.6. The van der Waals surface area contributed by atoms with Crippen molar-refractivity contribution in [3.05, 3.63) is 59.7 Å². The Bertz CT molecular complexity index is 1010. The van der Waals surface area contributed by atoms with Crippen LogP contribution in [0.3, 0.4) is 0 Å². The first-order valence-corrected chi connectivity index (χ1v) is 12.3. The summed E-state index contributed by atoms with van der Waals surface area (Å²) in [6, 6.07) is 15.4. The zero-order chi connectivity index (χ0) is 25.6. The summed E-state index contributed by atoms with van der Waals surface area (Å²) in [5.74, 6) is -1.33. The molecule has 0 fully saturated rings. The molecule has 7 nitrogen and oxygen atoms in total. The normalized spacial score (nSPS) is 13.5. The van der Waals surface area contributed by atoms with Gasteiger partial charge in [0.25, 0.3) is 0 Å². The van der Waals surface area contributed by atoms with Crippen LogP contribution < -0.4 is 5.32 Å². The van der Waals surface area contributed by atoms with Gasteiger partial charge in [-0.3, -0.25) is 9.59 Å². The van der Waals surface area contributed by atoms with E-state index in [0.717, 1.165) is 35.1 Å². The standard InChI is InChI=1S/C28H36N2O5/c1-5-6-15-24(26(33)30(28(2,3)4)17-16-25(31)32)29-27(34)35-18-23-21-13-9-7-11-19(21)20-12-8-10-14-22(20)23/h7-14,23-24H,5-6,15-18H2,1-4H3,(H,29,34)(H,31,32)/t24-/m0/s1. The van der Waals surface area contributed by atoms with Gasteiger partial charge in [-0.05, 0) is 49.4 Å². The minimum absolute atomic E-state index is 0.0698. The van der Waals surface area contributed by atoms with Crippen molar-refractivity contribution in [2.75, 3.05) is 13.2 Å². The summed E-state index contributed by atoms with van der Waals surface area (Å²) in [4.78, 5) is 38.9. The molecule has 0 bridgehead atoms. The number of hydrogen-bond acceptors (Lipinski definition) is 4. The zero-order valence-electron chi connectivity index (χ0n) is 21.0. The quantitative estimate of drug-likeness (QED) is 0.488. The van der Waals surface area contributed by atoms with Gasteiger partial charge in [-0.15, -0.1) is 0 Å². The Morgan fingerprint density at radius 1 is 1.03 bits per heavy atom. The number of hydrogen-bond donors (Lipinski definition) is 2. The number of unbranched alkanes of at least 4 members (excludes halogenated alkanes) is 1. The van der Waals surface area contributed by atoms with Gasteiger partial charge in [-0.25, -0.2) is 4.79 Å². The lowest BCUT2D eigenvalue weighted by Crippen LogP contribution is -2.55. The Kier molecular flexibility index (Phi) is 8.54. The minimum atomic E-state index is -0.971. The van der Waals surface area contributed by atoms with E-state index in [-0.39, 0.29) is 31.4 Å². The molecular weight excluding hydrogens is 444 g/mol. The van der Waals surface area contributed by atoms with Crippen LogP contribution in [0.4, 0.5) is 4.79 Å². The summed E-state index contributed by atoms with van der Waals surface area (Å²) in [7, 11) is 0. The number of nitrogens with one attached hydrogen (secondary N) is 1. The summed E-state index contributed by atoms with van der Waals surface area (Å²) in [6.45, 7) is 7.83. The highest BCUT2D eigenvalue weighted by atomic mass is 16.5. The van der Waals surface area contributed by atoms with E-state index in [4.69, 9.17) is 9.84 Å². The zero-order valence-corrected chi connectivity index (χ0v) is 21.0. The van der Waals surface area contributed by atoms with Crippen LogP contribution in [-0.2, 0) is 14.3 Å². The highest BCUT2D eigenvalue weighted by Crippen LogP contribution is 2.44. The van der Waals surface area contributed by atoms with Crippen LogP contribution in [-0.4, -0.2) is 52.7 Å². The van der Waals surface area contributed by atoms with Crippen LogP contribution >= 0.6 is 0 Å². The predicted molar refractivity (Wildman–Crippen MR) is 135 cm³/mol. The third-order valence-electron chi connectivity index (χ3n) is 6.41. The van der Waals surface area contributed by atoms with E-state index in [2.05, 4.69) is 29.6 Å². The molecule has 3 rings (SSSR count). The first kappa shape index (κ1) is 26.3. The monoisotopic (exact) mass is 480 g/mol. The molecule has 0 radical (unpaired) electrons. The van der Waals surface area contributed by atoms with Crippen LogP contribution in [0.5, 0.6) is 0 Å². The van der Waals surface area contributed by atoms with Crippen LogP contribution in [0.2, 0.25) is 0 Å². The van der Waals surface area contributed by atoms with Gasteiger partial charge in [0.05, 0.1) is 6.42 Å². The molecular formula is C28H36N2O5. The van der Waals surface area contributed by atoms with E-state index in [1.54, 1.807) is 0 Å². The van der Waals surface area contributed by atoms with E-state index in [1.165, 1.54) is 4.90 Å². The average Bonchev–Trinajstić information content (AvgIpc) is 3.13. The molecule has 0 saturated carbocycles. The maximum Gasteiger partial charge on any atom is 0.407 e. The molecule has 0 heterocycles. The van der Waals surface area contributed by atoms with Crippen LogP contribution in [0.15, 0.2) is 48.5 Å². The second kappa shape index (κ2) is 11.4. The number of benzene rings is 2. The fraction of sp³-hybridized carbons (Fsp3) is 0.464. The molecule has 0 aliphatic heterocycles. The Balaban J connectivity index is 1.71. The van der Waals surface area contributed by atoms with Crippen molar-refractivity contribution in [1.82, 2.24) is 10.2 Å². The average molecular weight is 481 g/mol. The molecule has 2 amide bonds. The van der Waals surface area contributed by atoms with Crippen LogP contribution in [0, 0.1) is 0 Å². The molecule has 2 aromatic carbocycles. The van der Waals surface area contributed by atoms with Gasteiger partial charge in [0.2, 0.25) is 5.91 Å². The minimum Gasteiger partial charge on any atom is -0.481 e. The van der Waals surface area contributed by atoms with Gasteiger partial charge in [0.1, 0.15) is 12.6 Å². The molecule has 1 aliphatic rings. The maximum absolute atomic E-state index is 13.4. The van der Waals surface area contributed by atoms with E-state index >= 15 is 0 Å². The number of ether oxygens (including phenoxy) is 1. The van der Waals surface area contributed by atoms with Gasteiger partial charge in [-0.1, -0.05) is 68.3 Å². The molecule has 0 aromatic heterocycles. The third-order valence-corrected chi connectivity index (χ3v) is 6.41. The number of amides is 2. The van der Waals surface area contributed by atoms with E-state index in [9.17, 15) is 14.4 Å². The maximum atomic E-state index is 13.4. The number of fused-ring (bicyclic) bond motifs is 3.